The number of aromatic amines is 1. The minimum Gasteiger partial charge on any atom is -0.345 e. The van der Waals surface area contributed by atoms with E-state index in [9.17, 15) is 8.42 Å². The third kappa shape index (κ3) is 1.49. The van der Waals surface area contributed by atoms with E-state index in [-0.39, 0.29) is 9.79 Å². The lowest BCUT2D eigenvalue weighted by atomic mass is 10.3. The molecule has 74 valence electrons. The summed E-state index contributed by atoms with van der Waals surface area (Å²) in [4.78, 5) is 7.02. The summed E-state index contributed by atoms with van der Waals surface area (Å²) >= 11 is 4.08. The molecular weight excluding hydrogens is 244 g/mol. The van der Waals surface area contributed by atoms with Crippen LogP contribution in [0.4, 0.5) is 0 Å². The number of fused-ring (bicyclic) bond motifs is 1. The molecular formula is C7H5ClN2O2S2. The molecule has 1 N–H and O–H groups in total. The van der Waals surface area contributed by atoms with Crippen molar-refractivity contribution in [1.82, 2.24) is 9.97 Å². The molecule has 2 aromatic rings. The van der Waals surface area contributed by atoms with Crippen molar-refractivity contribution in [3.8, 4) is 0 Å². The fraction of sp³-hybridized carbons (Fsp3) is 0. The van der Waals surface area contributed by atoms with E-state index in [0.29, 0.717) is 5.52 Å². The van der Waals surface area contributed by atoms with E-state index in [2.05, 4.69) is 22.6 Å². The Labute approximate surface area is 90.1 Å². The van der Waals surface area contributed by atoms with Crippen LogP contribution in [-0.2, 0) is 9.05 Å². The van der Waals surface area contributed by atoms with Crippen LogP contribution >= 0.6 is 23.3 Å². The van der Waals surface area contributed by atoms with Crippen molar-refractivity contribution in [2.75, 3.05) is 0 Å². The number of rotatable bonds is 1. The highest BCUT2D eigenvalue weighted by Gasteiger charge is 2.16. The van der Waals surface area contributed by atoms with E-state index in [1.807, 2.05) is 0 Å². The van der Waals surface area contributed by atoms with Crippen LogP contribution in [0.5, 0.6) is 0 Å². The number of thiol groups is 1. The van der Waals surface area contributed by atoms with Gasteiger partial charge in [0.2, 0.25) is 0 Å². The van der Waals surface area contributed by atoms with Gasteiger partial charge in [-0.25, -0.2) is 13.4 Å². The smallest absolute Gasteiger partial charge is 0.262 e. The average molecular weight is 249 g/mol. The van der Waals surface area contributed by atoms with Gasteiger partial charge in [0.05, 0.1) is 21.6 Å². The molecule has 7 heteroatoms. The van der Waals surface area contributed by atoms with Gasteiger partial charge in [-0.2, -0.15) is 0 Å². The summed E-state index contributed by atoms with van der Waals surface area (Å²) < 4.78 is 22.2. The van der Waals surface area contributed by atoms with Gasteiger partial charge in [-0.15, -0.1) is 12.6 Å². The maximum atomic E-state index is 11.1. The molecule has 0 atom stereocenters. The number of aromatic nitrogens is 2. The largest absolute Gasteiger partial charge is 0.345 e. The Balaban J connectivity index is 2.88. The summed E-state index contributed by atoms with van der Waals surface area (Å²) in [7, 11) is 1.46. The Kier molecular flexibility index (Phi) is 2.21. The molecule has 0 amide bonds. The van der Waals surface area contributed by atoms with Gasteiger partial charge in [0, 0.05) is 10.7 Å². The first-order valence-electron chi connectivity index (χ1n) is 3.60. The van der Waals surface area contributed by atoms with E-state index < -0.39 is 9.05 Å². The molecule has 4 nitrogen and oxygen atoms in total. The second-order valence-corrected chi connectivity index (χ2v) is 5.63. The van der Waals surface area contributed by atoms with E-state index in [1.54, 1.807) is 6.07 Å². The second-order valence-electron chi connectivity index (χ2n) is 2.65. The van der Waals surface area contributed by atoms with Crippen LogP contribution in [0.2, 0.25) is 0 Å². The first-order valence-corrected chi connectivity index (χ1v) is 6.35. The van der Waals surface area contributed by atoms with Crippen molar-refractivity contribution in [3.05, 3.63) is 18.5 Å². The van der Waals surface area contributed by atoms with Crippen LogP contribution in [0.15, 0.2) is 28.3 Å². The number of imidazole rings is 1. The van der Waals surface area contributed by atoms with Crippen molar-refractivity contribution in [3.63, 3.8) is 0 Å². The zero-order valence-electron chi connectivity index (χ0n) is 6.73. The molecule has 0 fully saturated rings. The molecule has 0 radical (unpaired) electrons. The van der Waals surface area contributed by atoms with Gasteiger partial charge in [0.1, 0.15) is 5.52 Å². The maximum absolute atomic E-state index is 11.1. The predicted octanol–water partition coefficient (Wildman–Crippen LogP) is 1.78. The molecule has 0 unspecified atom stereocenters. The molecule has 0 aliphatic carbocycles. The summed E-state index contributed by atoms with van der Waals surface area (Å²) in [5, 5.41) is 0. The summed E-state index contributed by atoms with van der Waals surface area (Å²) in [6.07, 6.45) is 1.47. The zero-order chi connectivity index (χ0) is 10.3. The van der Waals surface area contributed by atoms with Gasteiger partial charge >= 0.3 is 0 Å². The Morgan fingerprint density at radius 3 is 2.79 bits per heavy atom. The van der Waals surface area contributed by atoms with Crippen LogP contribution in [0.25, 0.3) is 11.0 Å². The van der Waals surface area contributed by atoms with Gasteiger partial charge in [0.25, 0.3) is 9.05 Å². The summed E-state index contributed by atoms with van der Waals surface area (Å²) in [6, 6.07) is 2.99. The molecule has 0 aliphatic rings. The lowest BCUT2D eigenvalue weighted by Crippen LogP contribution is -1.92. The minimum atomic E-state index is -3.76. The van der Waals surface area contributed by atoms with E-state index in [0.717, 1.165) is 5.52 Å². The number of hydrogen-bond donors (Lipinski definition) is 2. The van der Waals surface area contributed by atoms with E-state index in [1.165, 1.54) is 12.4 Å². The van der Waals surface area contributed by atoms with Crippen LogP contribution in [0.3, 0.4) is 0 Å². The highest BCUT2D eigenvalue weighted by Crippen LogP contribution is 2.28. The fourth-order valence-electron chi connectivity index (χ4n) is 1.17. The molecule has 2 rings (SSSR count). The average Bonchev–Trinajstić information content (AvgIpc) is 2.50. The highest BCUT2D eigenvalue weighted by molar-refractivity contribution is 8.14. The van der Waals surface area contributed by atoms with Crippen LogP contribution in [-0.4, -0.2) is 18.4 Å². The van der Waals surface area contributed by atoms with Crippen molar-refractivity contribution in [2.24, 2.45) is 0 Å². The lowest BCUT2D eigenvalue weighted by molar-refractivity contribution is 0.608. The first kappa shape index (κ1) is 9.82. The van der Waals surface area contributed by atoms with Crippen LogP contribution in [0.1, 0.15) is 0 Å². The van der Waals surface area contributed by atoms with Gasteiger partial charge in [-0.1, -0.05) is 0 Å². The standard InChI is InChI=1S/C7H5ClN2O2S2/c8-14(11,12)5-2-1-4-6(7(5)13)10-3-9-4/h1-3,13H,(H,9,10). The molecule has 1 aromatic carbocycles. The molecule has 0 saturated carbocycles. The Morgan fingerprint density at radius 2 is 2.14 bits per heavy atom. The number of nitrogens with one attached hydrogen (secondary N) is 1. The number of benzene rings is 1. The third-order valence-corrected chi connectivity index (χ3v) is 3.76. The minimum absolute atomic E-state index is 0.0258. The molecule has 0 spiro atoms. The van der Waals surface area contributed by atoms with Gasteiger partial charge in [-0.3, -0.25) is 0 Å². The Bertz CT molecular complexity index is 591. The monoisotopic (exact) mass is 248 g/mol. The molecule has 14 heavy (non-hydrogen) atoms. The first-order chi connectivity index (χ1) is 6.50. The number of halogens is 1. The molecule has 0 saturated heterocycles. The van der Waals surface area contributed by atoms with Crippen LogP contribution in [0, 0.1) is 0 Å². The Morgan fingerprint density at radius 1 is 1.43 bits per heavy atom. The zero-order valence-corrected chi connectivity index (χ0v) is 9.20. The van der Waals surface area contributed by atoms with Crippen molar-refractivity contribution >= 4 is 43.4 Å². The molecule has 0 aliphatic heterocycles. The molecule has 0 bridgehead atoms. The maximum Gasteiger partial charge on any atom is 0.262 e. The van der Waals surface area contributed by atoms with Gasteiger partial charge in [0.15, 0.2) is 0 Å². The predicted molar refractivity (Wildman–Crippen MR) is 56.4 cm³/mol. The Hall–Kier alpha value is -0.720. The van der Waals surface area contributed by atoms with Gasteiger partial charge in [-0.05, 0) is 12.1 Å². The van der Waals surface area contributed by atoms with Crippen molar-refractivity contribution in [1.29, 1.82) is 0 Å². The summed E-state index contributed by atoms with van der Waals surface area (Å²) in [5.41, 5.74) is 1.22. The topological polar surface area (TPSA) is 62.8 Å². The molecule has 1 aromatic heterocycles. The second kappa shape index (κ2) is 3.15. The van der Waals surface area contributed by atoms with Gasteiger partial charge < -0.3 is 4.98 Å². The van der Waals surface area contributed by atoms with Crippen molar-refractivity contribution in [2.45, 2.75) is 9.79 Å². The third-order valence-electron chi connectivity index (χ3n) is 1.79. The lowest BCUT2D eigenvalue weighted by Gasteiger charge is -2.00. The molecule has 1 heterocycles. The SMILES string of the molecule is O=S(=O)(Cl)c1ccc2[nH]cnc2c1S. The van der Waals surface area contributed by atoms with Crippen molar-refractivity contribution < 1.29 is 8.42 Å². The number of hydrogen-bond acceptors (Lipinski definition) is 4. The summed E-state index contributed by atoms with van der Waals surface area (Å²) in [5.74, 6) is 0. The van der Waals surface area contributed by atoms with Crippen LogP contribution < -0.4 is 0 Å². The quantitative estimate of drug-likeness (QED) is 0.597. The normalized spacial score (nSPS) is 12.1. The fourth-order valence-corrected chi connectivity index (χ4v) is 2.89. The van der Waals surface area contributed by atoms with E-state index in [4.69, 9.17) is 10.7 Å². The highest BCUT2D eigenvalue weighted by atomic mass is 35.7. The summed E-state index contributed by atoms with van der Waals surface area (Å²) in [6.45, 7) is 0. The number of H-pyrrole nitrogens is 1. The van der Waals surface area contributed by atoms with E-state index >= 15 is 0 Å². The number of nitrogens with zero attached hydrogens (tertiary/aromatic N) is 1.